The molecule has 8 nitrogen and oxygen atoms in total. The first kappa shape index (κ1) is 18.3. The van der Waals surface area contributed by atoms with E-state index < -0.39 is 24.0 Å². The molecule has 0 radical (unpaired) electrons. The average molecular weight is 288 g/mol. The molecule has 0 fully saturated rings. The van der Waals surface area contributed by atoms with Crippen molar-refractivity contribution in [2.24, 2.45) is 0 Å². The fourth-order valence-electron chi connectivity index (χ4n) is 0.970. The molecule has 0 heterocycles. The Labute approximate surface area is 117 Å². The highest BCUT2D eigenvalue weighted by atomic mass is 16.5. The Morgan fingerprint density at radius 3 is 1.60 bits per heavy atom. The van der Waals surface area contributed by atoms with Crippen LogP contribution in [0.3, 0.4) is 0 Å². The summed E-state index contributed by atoms with van der Waals surface area (Å²) in [5, 5.41) is 23.7. The first-order valence-electron chi connectivity index (χ1n) is 5.83. The summed E-state index contributed by atoms with van der Waals surface area (Å²) >= 11 is 0. The first-order chi connectivity index (χ1) is 9.51. The molecule has 0 aliphatic carbocycles. The Kier molecular flexibility index (Phi) is 10.2. The summed E-state index contributed by atoms with van der Waals surface area (Å²) < 4.78 is 9.85. The molecule has 0 saturated carbocycles. The smallest absolute Gasteiger partial charge is 0.245 e. The van der Waals surface area contributed by atoms with E-state index in [4.69, 9.17) is 9.47 Å². The van der Waals surface area contributed by atoms with Crippen molar-refractivity contribution in [2.75, 3.05) is 26.7 Å². The topological polar surface area (TPSA) is 117 Å². The Bertz CT molecular complexity index is 302. The minimum absolute atomic E-state index is 0.106. The van der Waals surface area contributed by atoms with Crippen LogP contribution in [0.1, 0.15) is 0 Å². The molecule has 114 valence electrons. The number of carbonyl (C=O) groups excluding carboxylic acids is 2. The molecule has 2 unspecified atom stereocenters. The van der Waals surface area contributed by atoms with Crippen molar-refractivity contribution in [1.82, 2.24) is 10.6 Å². The summed E-state index contributed by atoms with van der Waals surface area (Å²) in [5.74, 6) is -0.803. The SMILES string of the molecule is C=CC(=O)NCOCC(O)C(O)COCNC(=O)C=C. The maximum Gasteiger partial charge on any atom is 0.245 e. The highest BCUT2D eigenvalue weighted by Crippen LogP contribution is 1.95. The van der Waals surface area contributed by atoms with E-state index in [0.717, 1.165) is 12.2 Å². The van der Waals surface area contributed by atoms with E-state index in [-0.39, 0.29) is 26.7 Å². The van der Waals surface area contributed by atoms with Crippen molar-refractivity contribution in [3.8, 4) is 0 Å². The van der Waals surface area contributed by atoms with Crippen LogP contribution in [0.4, 0.5) is 0 Å². The second-order valence-corrected chi connectivity index (χ2v) is 3.66. The van der Waals surface area contributed by atoms with E-state index in [0.29, 0.717) is 0 Å². The molecule has 0 aromatic heterocycles. The van der Waals surface area contributed by atoms with Crippen LogP contribution < -0.4 is 10.6 Å². The molecule has 0 rings (SSSR count). The fourth-order valence-corrected chi connectivity index (χ4v) is 0.970. The number of hydrogen-bond acceptors (Lipinski definition) is 6. The molecule has 0 aliphatic rings. The lowest BCUT2D eigenvalue weighted by molar-refractivity contribution is -0.121. The van der Waals surface area contributed by atoms with Crippen molar-refractivity contribution in [1.29, 1.82) is 0 Å². The predicted octanol–water partition coefficient (Wildman–Crippen LogP) is -1.74. The second-order valence-electron chi connectivity index (χ2n) is 3.66. The van der Waals surface area contributed by atoms with Crippen LogP contribution in [0, 0.1) is 0 Å². The van der Waals surface area contributed by atoms with E-state index in [2.05, 4.69) is 23.8 Å². The fraction of sp³-hybridized carbons (Fsp3) is 0.500. The Morgan fingerprint density at radius 2 is 1.30 bits per heavy atom. The van der Waals surface area contributed by atoms with Gasteiger partial charge in [0.1, 0.15) is 25.7 Å². The van der Waals surface area contributed by atoms with Gasteiger partial charge in [-0.25, -0.2) is 0 Å². The van der Waals surface area contributed by atoms with E-state index in [1.54, 1.807) is 0 Å². The maximum atomic E-state index is 10.8. The Morgan fingerprint density at radius 1 is 0.950 bits per heavy atom. The molecule has 0 aliphatic heterocycles. The van der Waals surface area contributed by atoms with Crippen molar-refractivity contribution in [2.45, 2.75) is 12.2 Å². The zero-order valence-electron chi connectivity index (χ0n) is 11.1. The largest absolute Gasteiger partial charge is 0.388 e. The molecule has 0 aromatic carbocycles. The Hall–Kier alpha value is -1.74. The van der Waals surface area contributed by atoms with Gasteiger partial charge in [0.15, 0.2) is 0 Å². The van der Waals surface area contributed by atoms with Crippen LogP contribution in [0.25, 0.3) is 0 Å². The minimum Gasteiger partial charge on any atom is -0.388 e. The van der Waals surface area contributed by atoms with Gasteiger partial charge in [0.25, 0.3) is 0 Å². The molecular weight excluding hydrogens is 268 g/mol. The summed E-state index contributed by atoms with van der Waals surface area (Å²) in [7, 11) is 0. The minimum atomic E-state index is -1.18. The number of aliphatic hydroxyl groups is 2. The molecule has 4 N–H and O–H groups in total. The average Bonchev–Trinajstić information content (AvgIpc) is 2.46. The van der Waals surface area contributed by atoms with E-state index in [1.807, 2.05) is 0 Å². The van der Waals surface area contributed by atoms with Gasteiger partial charge in [-0.15, -0.1) is 0 Å². The van der Waals surface area contributed by atoms with Crippen LogP contribution in [0.5, 0.6) is 0 Å². The number of rotatable bonds is 11. The number of nitrogens with one attached hydrogen (secondary N) is 2. The zero-order chi connectivity index (χ0) is 15.4. The number of amides is 2. The van der Waals surface area contributed by atoms with Crippen molar-refractivity contribution in [3.63, 3.8) is 0 Å². The summed E-state index contributed by atoms with van der Waals surface area (Å²) in [6.45, 7) is 5.94. The molecule has 2 amide bonds. The van der Waals surface area contributed by atoms with Gasteiger partial charge in [-0.1, -0.05) is 13.2 Å². The van der Waals surface area contributed by atoms with Crippen molar-refractivity contribution < 1.29 is 29.3 Å². The maximum absolute atomic E-state index is 10.8. The van der Waals surface area contributed by atoms with Crippen LogP contribution in [-0.4, -0.2) is 60.9 Å². The molecule has 2 atom stereocenters. The molecule has 0 saturated heterocycles. The van der Waals surface area contributed by atoms with Gasteiger partial charge in [0, 0.05) is 0 Å². The van der Waals surface area contributed by atoms with Crippen LogP contribution >= 0.6 is 0 Å². The van der Waals surface area contributed by atoms with Crippen LogP contribution in [-0.2, 0) is 19.1 Å². The van der Waals surface area contributed by atoms with E-state index in [9.17, 15) is 19.8 Å². The lowest BCUT2D eigenvalue weighted by Gasteiger charge is -2.18. The van der Waals surface area contributed by atoms with Crippen LogP contribution in [0.15, 0.2) is 25.3 Å². The molecule has 8 heteroatoms. The monoisotopic (exact) mass is 288 g/mol. The second kappa shape index (κ2) is 11.1. The zero-order valence-corrected chi connectivity index (χ0v) is 11.1. The first-order valence-corrected chi connectivity index (χ1v) is 5.83. The van der Waals surface area contributed by atoms with Crippen LogP contribution in [0.2, 0.25) is 0 Å². The molecule has 0 spiro atoms. The third kappa shape index (κ3) is 9.22. The highest BCUT2D eigenvalue weighted by Gasteiger charge is 2.16. The van der Waals surface area contributed by atoms with Gasteiger partial charge in [-0.05, 0) is 12.2 Å². The number of hydrogen-bond donors (Lipinski definition) is 4. The van der Waals surface area contributed by atoms with Gasteiger partial charge in [-0.2, -0.15) is 0 Å². The molecular formula is C12H20N2O6. The summed E-state index contributed by atoms with van der Waals surface area (Å²) in [4.78, 5) is 21.5. The normalized spacial score (nSPS) is 13.1. The van der Waals surface area contributed by atoms with E-state index >= 15 is 0 Å². The van der Waals surface area contributed by atoms with Gasteiger partial charge in [0.05, 0.1) is 13.2 Å². The molecule has 0 aromatic rings. The van der Waals surface area contributed by atoms with Gasteiger partial charge in [-0.3, -0.25) is 9.59 Å². The summed E-state index contributed by atoms with van der Waals surface area (Å²) in [5.41, 5.74) is 0. The van der Waals surface area contributed by atoms with Gasteiger partial charge < -0.3 is 30.3 Å². The Balaban J connectivity index is 3.62. The standard InChI is InChI=1S/C12H20N2O6/c1-3-11(17)13-7-19-5-9(15)10(16)6-20-8-14-12(18)4-2/h3-4,9-10,15-16H,1-2,5-8H2,(H,13,17)(H,14,18). The third-order valence-electron chi connectivity index (χ3n) is 2.09. The van der Waals surface area contributed by atoms with Gasteiger partial charge in [0.2, 0.25) is 11.8 Å². The van der Waals surface area contributed by atoms with Crippen molar-refractivity contribution >= 4 is 11.8 Å². The van der Waals surface area contributed by atoms with Gasteiger partial charge >= 0.3 is 0 Å². The molecule has 20 heavy (non-hydrogen) atoms. The summed E-state index contributed by atoms with van der Waals surface area (Å²) in [6.07, 6.45) is -0.184. The third-order valence-corrected chi connectivity index (χ3v) is 2.09. The number of ether oxygens (including phenoxy) is 2. The highest BCUT2D eigenvalue weighted by molar-refractivity contribution is 5.86. The number of carbonyl (C=O) groups is 2. The van der Waals surface area contributed by atoms with Crippen molar-refractivity contribution in [3.05, 3.63) is 25.3 Å². The quantitative estimate of drug-likeness (QED) is 0.204. The lowest BCUT2D eigenvalue weighted by Crippen LogP contribution is -2.37. The van der Waals surface area contributed by atoms with E-state index in [1.165, 1.54) is 0 Å². The predicted molar refractivity (Wildman–Crippen MR) is 70.3 cm³/mol. The lowest BCUT2D eigenvalue weighted by atomic mass is 10.2. The molecule has 0 bridgehead atoms. The summed E-state index contributed by atoms with van der Waals surface area (Å²) in [6, 6.07) is 0. The number of aliphatic hydroxyl groups excluding tert-OH is 2.